The van der Waals surface area contributed by atoms with Crippen molar-refractivity contribution in [1.29, 1.82) is 0 Å². The molecule has 6 heteroatoms. The predicted octanol–water partition coefficient (Wildman–Crippen LogP) is 4.77. The molecular weight excluding hydrogens is 366 g/mol. The number of nitro benzene ring substituents is 1. The number of aryl methyl sites for hydroxylation is 1. The van der Waals surface area contributed by atoms with Gasteiger partial charge in [-0.25, -0.2) is 4.98 Å². The minimum Gasteiger partial charge on any atom is -0.268 e. The first-order valence-electron chi connectivity index (χ1n) is 9.05. The molecule has 4 rings (SSSR count). The Hall–Kier alpha value is -4.06. The Kier molecular flexibility index (Phi) is 4.75. The van der Waals surface area contributed by atoms with Crippen molar-refractivity contribution < 1.29 is 4.92 Å². The van der Waals surface area contributed by atoms with Gasteiger partial charge in [0, 0.05) is 12.1 Å². The number of fused-ring (bicyclic) bond motifs is 1. The fourth-order valence-corrected chi connectivity index (χ4v) is 3.19. The van der Waals surface area contributed by atoms with Crippen LogP contribution >= 0.6 is 0 Å². The number of aromatic nitrogens is 2. The van der Waals surface area contributed by atoms with E-state index < -0.39 is 4.92 Å². The highest BCUT2D eigenvalue weighted by Crippen LogP contribution is 2.19. The zero-order valence-corrected chi connectivity index (χ0v) is 15.6. The number of nitrogens with zero attached hydrogens (tertiary/aromatic N) is 3. The van der Waals surface area contributed by atoms with Gasteiger partial charge < -0.3 is 0 Å². The maximum atomic E-state index is 13.2. The third-order valence-electron chi connectivity index (χ3n) is 4.69. The van der Waals surface area contributed by atoms with E-state index in [0.29, 0.717) is 16.7 Å². The second kappa shape index (κ2) is 7.52. The van der Waals surface area contributed by atoms with E-state index in [4.69, 9.17) is 0 Å². The number of nitro groups is 1. The van der Waals surface area contributed by atoms with Crippen LogP contribution in [-0.4, -0.2) is 14.5 Å². The highest BCUT2D eigenvalue weighted by atomic mass is 16.6. The van der Waals surface area contributed by atoms with Crippen LogP contribution in [0.1, 0.15) is 17.0 Å². The molecular formula is C23H17N3O3. The van der Waals surface area contributed by atoms with Gasteiger partial charge in [-0.05, 0) is 54.5 Å². The van der Waals surface area contributed by atoms with E-state index in [1.54, 1.807) is 34.9 Å². The molecule has 0 saturated heterocycles. The van der Waals surface area contributed by atoms with Crippen LogP contribution in [0.2, 0.25) is 0 Å². The van der Waals surface area contributed by atoms with E-state index >= 15 is 0 Å². The van der Waals surface area contributed by atoms with Crippen molar-refractivity contribution in [2.75, 3.05) is 0 Å². The van der Waals surface area contributed by atoms with Gasteiger partial charge in [-0.1, -0.05) is 36.4 Å². The Morgan fingerprint density at radius 1 is 0.931 bits per heavy atom. The highest BCUT2D eigenvalue weighted by molar-refractivity contribution is 5.80. The largest absolute Gasteiger partial charge is 0.269 e. The summed E-state index contributed by atoms with van der Waals surface area (Å²) in [5, 5.41) is 11.4. The summed E-state index contributed by atoms with van der Waals surface area (Å²) in [6, 6.07) is 21.1. The number of non-ortho nitro benzene ring substituents is 1. The average Bonchev–Trinajstić information content (AvgIpc) is 2.73. The van der Waals surface area contributed by atoms with Crippen LogP contribution in [-0.2, 0) is 0 Å². The van der Waals surface area contributed by atoms with Gasteiger partial charge in [0.05, 0.1) is 21.5 Å². The lowest BCUT2D eigenvalue weighted by molar-refractivity contribution is -0.384. The van der Waals surface area contributed by atoms with Gasteiger partial charge in [0.1, 0.15) is 5.82 Å². The van der Waals surface area contributed by atoms with Crippen molar-refractivity contribution in [3.05, 3.63) is 110 Å². The molecule has 0 bridgehead atoms. The lowest BCUT2D eigenvalue weighted by atomic mass is 10.1. The Labute approximate surface area is 166 Å². The highest BCUT2D eigenvalue weighted by Gasteiger charge is 2.12. The van der Waals surface area contributed by atoms with Crippen molar-refractivity contribution >= 4 is 28.7 Å². The van der Waals surface area contributed by atoms with Gasteiger partial charge in [0.15, 0.2) is 0 Å². The van der Waals surface area contributed by atoms with Crippen molar-refractivity contribution in [3.63, 3.8) is 0 Å². The molecule has 1 aromatic heterocycles. The molecule has 3 aromatic carbocycles. The molecule has 0 radical (unpaired) electrons. The van der Waals surface area contributed by atoms with Gasteiger partial charge in [-0.3, -0.25) is 19.5 Å². The summed E-state index contributed by atoms with van der Waals surface area (Å²) in [7, 11) is 0. The number of hydrogen-bond acceptors (Lipinski definition) is 4. The van der Waals surface area contributed by atoms with Crippen molar-refractivity contribution in [2.24, 2.45) is 0 Å². The molecule has 0 N–H and O–H groups in total. The number of benzene rings is 3. The molecule has 4 aromatic rings. The number of hydrogen-bond donors (Lipinski definition) is 0. The summed E-state index contributed by atoms with van der Waals surface area (Å²) < 4.78 is 1.60. The average molecular weight is 383 g/mol. The SMILES string of the molecule is Cc1ccccc1-n1c(C=Cc2ccc([N+](=O)[O-])cc2)nc2ccccc2c1=O. The minimum absolute atomic E-state index is 0.0304. The van der Waals surface area contributed by atoms with E-state index in [0.717, 1.165) is 16.8 Å². The van der Waals surface area contributed by atoms with E-state index in [9.17, 15) is 14.9 Å². The zero-order chi connectivity index (χ0) is 20.4. The smallest absolute Gasteiger partial charge is 0.268 e. The molecule has 0 unspecified atom stereocenters. The van der Waals surface area contributed by atoms with Crippen molar-refractivity contribution in [3.8, 4) is 5.69 Å². The lowest BCUT2D eigenvalue weighted by Gasteiger charge is -2.13. The van der Waals surface area contributed by atoms with Gasteiger partial charge >= 0.3 is 0 Å². The van der Waals surface area contributed by atoms with Gasteiger partial charge in [0.25, 0.3) is 11.2 Å². The Balaban J connectivity index is 1.89. The first-order valence-corrected chi connectivity index (χ1v) is 9.05. The first kappa shape index (κ1) is 18.3. The fraction of sp³-hybridized carbons (Fsp3) is 0.0435. The Bertz CT molecular complexity index is 1310. The lowest BCUT2D eigenvalue weighted by Crippen LogP contribution is -2.23. The third-order valence-corrected chi connectivity index (χ3v) is 4.69. The summed E-state index contributed by atoms with van der Waals surface area (Å²) in [5.41, 5.74) is 2.99. The quantitative estimate of drug-likeness (QED) is 0.375. The van der Waals surface area contributed by atoms with Crippen LogP contribution < -0.4 is 5.56 Å². The van der Waals surface area contributed by atoms with Crippen LogP contribution in [0.5, 0.6) is 0 Å². The molecule has 0 amide bonds. The predicted molar refractivity (Wildman–Crippen MR) is 114 cm³/mol. The zero-order valence-electron chi connectivity index (χ0n) is 15.6. The summed E-state index contributed by atoms with van der Waals surface area (Å²) in [4.78, 5) is 28.3. The molecule has 0 aliphatic rings. The molecule has 0 spiro atoms. The van der Waals surface area contributed by atoms with Gasteiger partial charge in [-0.2, -0.15) is 0 Å². The molecule has 0 aliphatic carbocycles. The molecule has 0 saturated carbocycles. The molecule has 29 heavy (non-hydrogen) atoms. The van der Waals surface area contributed by atoms with Crippen molar-refractivity contribution in [2.45, 2.75) is 6.92 Å². The topological polar surface area (TPSA) is 78.0 Å². The summed E-state index contributed by atoms with van der Waals surface area (Å²) >= 11 is 0. The third kappa shape index (κ3) is 3.55. The summed E-state index contributed by atoms with van der Waals surface area (Å²) in [5.74, 6) is 0.487. The molecule has 6 nitrogen and oxygen atoms in total. The maximum absolute atomic E-state index is 13.2. The second-order valence-corrected chi connectivity index (χ2v) is 6.60. The minimum atomic E-state index is -0.436. The maximum Gasteiger partial charge on any atom is 0.269 e. The molecule has 0 fully saturated rings. The van der Waals surface area contributed by atoms with Gasteiger partial charge in [-0.15, -0.1) is 0 Å². The van der Waals surface area contributed by atoms with E-state index in [1.165, 1.54) is 12.1 Å². The molecule has 1 heterocycles. The van der Waals surface area contributed by atoms with Crippen LogP contribution in [0.4, 0.5) is 5.69 Å². The van der Waals surface area contributed by atoms with Crippen molar-refractivity contribution in [1.82, 2.24) is 9.55 Å². The Morgan fingerprint density at radius 3 is 2.34 bits per heavy atom. The molecule has 142 valence electrons. The second-order valence-electron chi connectivity index (χ2n) is 6.60. The molecule has 0 atom stereocenters. The summed E-state index contributed by atoms with van der Waals surface area (Å²) in [6.45, 7) is 1.95. The van der Waals surface area contributed by atoms with Crippen LogP contribution in [0.25, 0.3) is 28.7 Å². The van der Waals surface area contributed by atoms with Crippen LogP contribution in [0.15, 0.2) is 77.6 Å². The fourth-order valence-electron chi connectivity index (χ4n) is 3.19. The van der Waals surface area contributed by atoms with E-state index in [1.807, 2.05) is 49.4 Å². The van der Waals surface area contributed by atoms with Gasteiger partial charge in [0.2, 0.25) is 0 Å². The number of rotatable bonds is 4. The standard InChI is InChI=1S/C23H17N3O3/c1-16-6-2-5-9-21(16)25-22(24-20-8-4-3-7-19(20)23(25)27)15-12-17-10-13-18(14-11-17)26(28)29/h2-15H,1H3. The molecule has 0 aliphatic heterocycles. The van der Waals surface area contributed by atoms with Crippen LogP contribution in [0.3, 0.4) is 0 Å². The first-order chi connectivity index (χ1) is 14.0. The normalized spacial score (nSPS) is 11.2. The Morgan fingerprint density at radius 2 is 1.62 bits per heavy atom. The number of para-hydroxylation sites is 2. The van der Waals surface area contributed by atoms with E-state index in [2.05, 4.69) is 4.98 Å². The summed E-state index contributed by atoms with van der Waals surface area (Å²) in [6.07, 6.45) is 3.54. The van der Waals surface area contributed by atoms with Crippen LogP contribution in [0, 0.1) is 17.0 Å². The monoisotopic (exact) mass is 383 g/mol. The van der Waals surface area contributed by atoms with E-state index in [-0.39, 0.29) is 11.2 Å².